The summed E-state index contributed by atoms with van der Waals surface area (Å²) >= 11 is 3.12. The van der Waals surface area contributed by atoms with E-state index in [0.29, 0.717) is 16.6 Å². The van der Waals surface area contributed by atoms with E-state index in [2.05, 4.69) is 21.2 Å². The molecule has 0 radical (unpaired) electrons. The van der Waals surface area contributed by atoms with Crippen LogP contribution in [-0.4, -0.2) is 17.0 Å². The van der Waals surface area contributed by atoms with Crippen LogP contribution in [0.15, 0.2) is 22.7 Å². The third-order valence-corrected chi connectivity index (χ3v) is 3.29. The fourth-order valence-electron chi connectivity index (χ4n) is 1.57. The van der Waals surface area contributed by atoms with Crippen molar-refractivity contribution >= 4 is 33.5 Å². The minimum absolute atomic E-state index is 0.343. The van der Waals surface area contributed by atoms with Gasteiger partial charge in [0.1, 0.15) is 5.82 Å². The molecule has 0 saturated heterocycles. The van der Waals surface area contributed by atoms with Crippen LogP contribution >= 0.6 is 15.9 Å². The highest BCUT2D eigenvalue weighted by atomic mass is 79.9. The topological polar surface area (TPSA) is 66.4 Å². The maximum Gasteiger partial charge on any atom is 0.307 e. The maximum atomic E-state index is 12.8. The number of carbonyl (C=O) groups is 2. The molecule has 1 aliphatic rings. The molecule has 4 nitrogen and oxygen atoms in total. The zero-order valence-corrected chi connectivity index (χ0v) is 10.2. The number of amides is 1. The normalized spacial score (nSPS) is 22.0. The summed E-state index contributed by atoms with van der Waals surface area (Å²) in [5.74, 6) is -2.78. The number of hydrogen-bond acceptors (Lipinski definition) is 2. The Morgan fingerprint density at radius 3 is 2.65 bits per heavy atom. The summed E-state index contributed by atoms with van der Waals surface area (Å²) in [5.41, 5.74) is 0.437. The third kappa shape index (κ3) is 2.63. The van der Waals surface area contributed by atoms with Gasteiger partial charge in [0, 0.05) is 4.47 Å². The molecule has 2 N–H and O–H groups in total. The van der Waals surface area contributed by atoms with Crippen molar-refractivity contribution in [3.8, 4) is 0 Å². The van der Waals surface area contributed by atoms with Gasteiger partial charge in [-0.25, -0.2) is 4.39 Å². The van der Waals surface area contributed by atoms with Crippen LogP contribution < -0.4 is 5.32 Å². The van der Waals surface area contributed by atoms with Gasteiger partial charge in [-0.2, -0.15) is 0 Å². The maximum absolute atomic E-state index is 12.8. The van der Waals surface area contributed by atoms with Crippen LogP contribution in [0.3, 0.4) is 0 Å². The highest BCUT2D eigenvalue weighted by Gasteiger charge is 2.48. The first-order valence-electron chi connectivity index (χ1n) is 4.98. The summed E-state index contributed by atoms with van der Waals surface area (Å²) in [6, 6.07) is 3.88. The van der Waals surface area contributed by atoms with Crippen LogP contribution in [0.1, 0.15) is 6.42 Å². The first kappa shape index (κ1) is 12.0. The van der Waals surface area contributed by atoms with E-state index in [4.69, 9.17) is 5.11 Å². The standard InChI is InChI=1S/C11H9BrFNO3/c12-8-3-5(13)1-2-9(8)14-10(15)6-4-7(6)11(16)17/h1-3,6-7H,4H2,(H,14,15)(H,16,17). The molecule has 90 valence electrons. The molecule has 0 spiro atoms. The smallest absolute Gasteiger partial charge is 0.307 e. The predicted octanol–water partition coefficient (Wildman–Crippen LogP) is 2.25. The molecule has 1 aliphatic carbocycles. The minimum Gasteiger partial charge on any atom is -0.481 e. The van der Waals surface area contributed by atoms with Crippen molar-refractivity contribution < 1.29 is 19.1 Å². The van der Waals surface area contributed by atoms with E-state index in [1.54, 1.807) is 0 Å². The summed E-state index contributed by atoms with van der Waals surface area (Å²) in [7, 11) is 0. The zero-order valence-electron chi connectivity index (χ0n) is 8.61. The van der Waals surface area contributed by atoms with Gasteiger partial charge in [-0.15, -0.1) is 0 Å². The number of nitrogens with one attached hydrogen (secondary N) is 1. The lowest BCUT2D eigenvalue weighted by Gasteiger charge is -2.06. The average molecular weight is 302 g/mol. The van der Waals surface area contributed by atoms with Gasteiger partial charge in [0.15, 0.2) is 0 Å². The van der Waals surface area contributed by atoms with Gasteiger partial charge in [-0.1, -0.05) is 0 Å². The van der Waals surface area contributed by atoms with Crippen LogP contribution in [0, 0.1) is 17.7 Å². The third-order valence-electron chi connectivity index (χ3n) is 2.63. The first-order chi connectivity index (χ1) is 7.99. The number of halogens is 2. The van der Waals surface area contributed by atoms with E-state index in [-0.39, 0.29) is 5.91 Å². The van der Waals surface area contributed by atoms with Gasteiger partial charge < -0.3 is 10.4 Å². The Morgan fingerprint density at radius 2 is 2.12 bits per heavy atom. The van der Waals surface area contributed by atoms with E-state index in [0.717, 1.165) is 0 Å². The number of carbonyl (C=O) groups excluding carboxylic acids is 1. The lowest BCUT2D eigenvalue weighted by molar-refractivity contribution is -0.139. The molecule has 0 aliphatic heterocycles. The van der Waals surface area contributed by atoms with E-state index < -0.39 is 23.6 Å². The Balaban J connectivity index is 2.02. The van der Waals surface area contributed by atoms with Crippen molar-refractivity contribution in [2.24, 2.45) is 11.8 Å². The van der Waals surface area contributed by atoms with E-state index in [1.165, 1.54) is 18.2 Å². The Labute approximate surface area is 105 Å². The molecule has 0 bridgehead atoms. The number of aliphatic carboxylic acids is 1. The number of rotatable bonds is 3. The van der Waals surface area contributed by atoms with Crippen LogP contribution in [-0.2, 0) is 9.59 Å². The number of hydrogen-bond donors (Lipinski definition) is 2. The molecule has 2 unspecified atom stereocenters. The minimum atomic E-state index is -0.955. The van der Waals surface area contributed by atoms with Crippen molar-refractivity contribution in [3.63, 3.8) is 0 Å². The molecular formula is C11H9BrFNO3. The second-order valence-electron chi connectivity index (χ2n) is 3.90. The highest BCUT2D eigenvalue weighted by Crippen LogP contribution is 2.39. The van der Waals surface area contributed by atoms with Gasteiger partial charge in [0.2, 0.25) is 5.91 Å². The second kappa shape index (κ2) is 4.44. The molecule has 17 heavy (non-hydrogen) atoms. The molecule has 2 atom stereocenters. The zero-order chi connectivity index (χ0) is 12.6. The van der Waals surface area contributed by atoms with Crippen LogP contribution in [0.25, 0.3) is 0 Å². The Morgan fingerprint density at radius 1 is 1.41 bits per heavy atom. The summed E-state index contributed by atoms with van der Waals surface area (Å²) in [6.45, 7) is 0. The fourth-order valence-corrected chi connectivity index (χ4v) is 2.02. The van der Waals surface area contributed by atoms with Gasteiger partial charge in [0.05, 0.1) is 17.5 Å². The van der Waals surface area contributed by atoms with Crippen LogP contribution in [0.5, 0.6) is 0 Å². The molecule has 1 aromatic rings. The van der Waals surface area contributed by atoms with Crippen LogP contribution in [0.2, 0.25) is 0 Å². The van der Waals surface area contributed by atoms with Gasteiger partial charge in [-0.05, 0) is 40.5 Å². The van der Waals surface area contributed by atoms with Gasteiger partial charge >= 0.3 is 5.97 Å². The monoisotopic (exact) mass is 301 g/mol. The van der Waals surface area contributed by atoms with Crippen molar-refractivity contribution in [2.75, 3.05) is 5.32 Å². The number of anilines is 1. The fraction of sp³-hybridized carbons (Fsp3) is 0.273. The van der Waals surface area contributed by atoms with E-state index in [1.807, 2.05) is 0 Å². The van der Waals surface area contributed by atoms with E-state index in [9.17, 15) is 14.0 Å². The number of carboxylic acid groups (broad SMARTS) is 1. The lowest BCUT2D eigenvalue weighted by atomic mass is 10.2. The number of carboxylic acids is 1. The molecule has 2 rings (SSSR count). The van der Waals surface area contributed by atoms with Crippen LogP contribution in [0.4, 0.5) is 10.1 Å². The Hall–Kier alpha value is -1.43. The molecule has 1 amide bonds. The van der Waals surface area contributed by atoms with Crippen molar-refractivity contribution in [1.29, 1.82) is 0 Å². The number of benzene rings is 1. The molecule has 0 heterocycles. The van der Waals surface area contributed by atoms with E-state index >= 15 is 0 Å². The first-order valence-corrected chi connectivity index (χ1v) is 5.77. The second-order valence-corrected chi connectivity index (χ2v) is 4.75. The van der Waals surface area contributed by atoms with Gasteiger partial charge in [0.25, 0.3) is 0 Å². The summed E-state index contributed by atoms with van der Waals surface area (Å²) in [4.78, 5) is 22.2. The van der Waals surface area contributed by atoms with Crippen molar-refractivity contribution in [3.05, 3.63) is 28.5 Å². The summed E-state index contributed by atoms with van der Waals surface area (Å²) < 4.78 is 13.2. The predicted molar refractivity (Wildman–Crippen MR) is 62.0 cm³/mol. The molecule has 1 fully saturated rings. The average Bonchev–Trinajstić information content (AvgIpc) is 3.01. The molecule has 0 aromatic heterocycles. The molecular weight excluding hydrogens is 293 g/mol. The molecule has 6 heteroatoms. The molecule has 1 aromatic carbocycles. The largest absolute Gasteiger partial charge is 0.481 e. The highest BCUT2D eigenvalue weighted by molar-refractivity contribution is 9.10. The van der Waals surface area contributed by atoms with Crippen molar-refractivity contribution in [2.45, 2.75) is 6.42 Å². The Kier molecular flexibility index (Phi) is 3.15. The SMILES string of the molecule is O=C(O)C1CC1C(=O)Nc1ccc(F)cc1Br. The Bertz CT molecular complexity index is 492. The summed E-state index contributed by atoms with van der Waals surface area (Å²) in [5, 5.41) is 11.3. The van der Waals surface area contributed by atoms with Crippen molar-refractivity contribution in [1.82, 2.24) is 0 Å². The lowest BCUT2D eigenvalue weighted by Crippen LogP contribution is -2.17. The quantitative estimate of drug-likeness (QED) is 0.900. The molecule has 1 saturated carbocycles. The van der Waals surface area contributed by atoms with Gasteiger partial charge in [-0.3, -0.25) is 9.59 Å². The summed E-state index contributed by atoms with van der Waals surface area (Å²) in [6.07, 6.45) is 0.361.